The maximum atomic E-state index is 5.65. The van der Waals surface area contributed by atoms with Crippen LogP contribution in [0.3, 0.4) is 0 Å². The van der Waals surface area contributed by atoms with Gasteiger partial charge in [-0.25, -0.2) is 0 Å². The fourth-order valence-electron chi connectivity index (χ4n) is 1.47. The Kier molecular flexibility index (Phi) is 17.5. The van der Waals surface area contributed by atoms with Crippen LogP contribution >= 0.6 is 74.4 Å². The van der Waals surface area contributed by atoms with Crippen LogP contribution in [0.4, 0.5) is 0 Å². The van der Waals surface area contributed by atoms with Gasteiger partial charge in [-0.05, 0) is 24.3 Å². The van der Waals surface area contributed by atoms with E-state index >= 15 is 0 Å². The van der Waals surface area contributed by atoms with Crippen molar-refractivity contribution in [3.63, 3.8) is 0 Å². The lowest BCUT2D eigenvalue weighted by Crippen LogP contribution is -1.97. The van der Waals surface area contributed by atoms with E-state index in [1.54, 1.807) is 0 Å². The van der Waals surface area contributed by atoms with E-state index in [-0.39, 0.29) is 74.4 Å². The van der Waals surface area contributed by atoms with E-state index in [2.05, 4.69) is 0 Å². The van der Waals surface area contributed by atoms with Crippen LogP contribution in [0.5, 0.6) is 23.0 Å². The Bertz CT molecular complexity index is 407. The van der Waals surface area contributed by atoms with Gasteiger partial charge in [-0.15, -0.1) is 74.4 Å². The lowest BCUT2D eigenvalue weighted by Gasteiger charge is -2.19. The normalized spacial score (nSPS) is 8.40. The van der Waals surface area contributed by atoms with E-state index in [4.69, 9.17) is 9.47 Å². The lowest BCUT2D eigenvalue weighted by molar-refractivity contribution is 0.359. The molecule has 116 valence electrons. The molecule has 2 aromatic rings. The van der Waals surface area contributed by atoms with Gasteiger partial charge in [0.2, 0.25) is 0 Å². The smallest absolute Gasteiger partial charge is 0.170 e. The number of fused-ring (bicyclic) bond motifs is 2. The van der Waals surface area contributed by atoms with Gasteiger partial charge in [0, 0.05) is 0 Å². The maximum Gasteiger partial charge on any atom is 0.170 e. The molecule has 0 amide bonds. The van der Waals surface area contributed by atoms with Crippen LogP contribution in [0.2, 0.25) is 0 Å². The fraction of sp³-hybridized carbons (Fsp3) is 0. The summed E-state index contributed by atoms with van der Waals surface area (Å²) < 4.78 is 11.3. The molecule has 0 atom stereocenters. The number of para-hydroxylation sites is 4. The molecule has 2 aromatic carbocycles. The van der Waals surface area contributed by atoms with Crippen molar-refractivity contribution in [1.29, 1.82) is 0 Å². The van der Waals surface area contributed by atoms with Gasteiger partial charge in [-0.2, -0.15) is 0 Å². The van der Waals surface area contributed by atoms with Crippen LogP contribution in [0.1, 0.15) is 0 Å². The zero-order chi connectivity index (χ0) is 9.38. The first-order valence-corrected chi connectivity index (χ1v) is 4.47. The number of halogens is 6. The SMILES string of the molecule is Cl.Cl.Cl.Cl.Cl.Cl.c1ccc2c(c1)Oc1ccccc1O2. The molecule has 1 heterocycles. The molecule has 3 rings (SSSR count). The van der Waals surface area contributed by atoms with E-state index in [1.165, 1.54) is 0 Å². The largest absolute Gasteiger partial charge is 0.450 e. The van der Waals surface area contributed by atoms with Crippen molar-refractivity contribution in [2.75, 3.05) is 0 Å². The minimum absolute atomic E-state index is 0. The molecular formula is C12H14Cl6O2. The molecule has 0 aromatic heterocycles. The van der Waals surface area contributed by atoms with Gasteiger partial charge in [0.05, 0.1) is 0 Å². The summed E-state index contributed by atoms with van der Waals surface area (Å²) in [6, 6.07) is 15.3. The maximum absolute atomic E-state index is 5.65. The van der Waals surface area contributed by atoms with Crippen molar-refractivity contribution in [3.8, 4) is 23.0 Å². The van der Waals surface area contributed by atoms with Gasteiger partial charge in [0.15, 0.2) is 23.0 Å². The van der Waals surface area contributed by atoms with Gasteiger partial charge in [-0.3, -0.25) is 0 Å². The summed E-state index contributed by atoms with van der Waals surface area (Å²) >= 11 is 0. The predicted octanol–water partition coefficient (Wildman–Crippen LogP) is 6.12. The summed E-state index contributed by atoms with van der Waals surface area (Å²) in [6.07, 6.45) is 0. The Labute approximate surface area is 155 Å². The van der Waals surface area contributed by atoms with Gasteiger partial charge < -0.3 is 9.47 Å². The minimum atomic E-state index is 0. The molecular weight excluding hydrogens is 389 g/mol. The summed E-state index contributed by atoms with van der Waals surface area (Å²) in [5.41, 5.74) is 0. The molecule has 0 saturated heterocycles. The summed E-state index contributed by atoms with van der Waals surface area (Å²) in [5, 5.41) is 0. The van der Waals surface area contributed by atoms with Crippen molar-refractivity contribution in [1.82, 2.24) is 0 Å². The first-order chi connectivity index (χ1) is 6.93. The van der Waals surface area contributed by atoms with Crippen molar-refractivity contribution >= 4 is 74.4 Å². The number of hydrogen-bond donors (Lipinski definition) is 0. The van der Waals surface area contributed by atoms with Crippen LogP contribution in [0.15, 0.2) is 48.5 Å². The molecule has 0 aliphatic carbocycles. The van der Waals surface area contributed by atoms with E-state index in [0.29, 0.717) is 0 Å². The highest BCUT2D eigenvalue weighted by molar-refractivity contribution is 5.86. The van der Waals surface area contributed by atoms with E-state index in [0.717, 1.165) is 23.0 Å². The highest BCUT2D eigenvalue weighted by Crippen LogP contribution is 2.44. The first-order valence-electron chi connectivity index (χ1n) is 4.47. The quantitative estimate of drug-likeness (QED) is 0.451. The highest BCUT2D eigenvalue weighted by Gasteiger charge is 2.16. The Hall–Kier alpha value is -0.220. The summed E-state index contributed by atoms with van der Waals surface area (Å²) in [6.45, 7) is 0. The van der Waals surface area contributed by atoms with Crippen molar-refractivity contribution in [2.24, 2.45) is 0 Å². The molecule has 20 heavy (non-hydrogen) atoms. The van der Waals surface area contributed by atoms with Gasteiger partial charge in [0.25, 0.3) is 0 Å². The Morgan fingerprint density at radius 3 is 0.800 bits per heavy atom. The van der Waals surface area contributed by atoms with Crippen molar-refractivity contribution in [3.05, 3.63) is 48.5 Å². The lowest BCUT2D eigenvalue weighted by atomic mass is 10.2. The average Bonchev–Trinajstić information content (AvgIpc) is 2.26. The van der Waals surface area contributed by atoms with Gasteiger partial charge in [0.1, 0.15) is 0 Å². The first kappa shape index (κ1) is 28.0. The van der Waals surface area contributed by atoms with Crippen LogP contribution in [0, 0.1) is 0 Å². The zero-order valence-corrected chi connectivity index (χ0v) is 14.8. The van der Waals surface area contributed by atoms with E-state index in [9.17, 15) is 0 Å². The van der Waals surface area contributed by atoms with Crippen LogP contribution < -0.4 is 9.47 Å². The third-order valence-electron chi connectivity index (χ3n) is 2.14. The Morgan fingerprint density at radius 2 is 0.600 bits per heavy atom. The second-order valence-corrected chi connectivity index (χ2v) is 3.10. The average molecular weight is 403 g/mol. The molecule has 0 N–H and O–H groups in total. The van der Waals surface area contributed by atoms with Gasteiger partial charge >= 0.3 is 0 Å². The Balaban J connectivity index is -0.000000213. The molecule has 1 aliphatic heterocycles. The summed E-state index contributed by atoms with van der Waals surface area (Å²) in [7, 11) is 0. The molecule has 0 saturated carbocycles. The molecule has 0 bridgehead atoms. The van der Waals surface area contributed by atoms with E-state index < -0.39 is 0 Å². The zero-order valence-electron chi connectivity index (χ0n) is 9.88. The monoisotopic (exact) mass is 400 g/mol. The number of hydrogen-bond acceptors (Lipinski definition) is 2. The standard InChI is InChI=1S/C12H8O2.6ClH/c1-2-6-10-9(5-1)13-11-7-3-4-8-12(11)14-10;;;;;;/h1-8H;6*1H. The minimum Gasteiger partial charge on any atom is -0.450 e. The van der Waals surface area contributed by atoms with E-state index in [1.807, 2.05) is 48.5 Å². The molecule has 0 radical (unpaired) electrons. The predicted molar refractivity (Wildman–Crippen MR) is 96.5 cm³/mol. The second kappa shape index (κ2) is 12.5. The number of ether oxygens (including phenoxy) is 2. The fourth-order valence-corrected chi connectivity index (χ4v) is 1.47. The molecule has 8 heteroatoms. The second-order valence-electron chi connectivity index (χ2n) is 3.10. The molecule has 2 nitrogen and oxygen atoms in total. The third-order valence-corrected chi connectivity index (χ3v) is 2.14. The van der Waals surface area contributed by atoms with Gasteiger partial charge in [-0.1, -0.05) is 24.3 Å². The van der Waals surface area contributed by atoms with Crippen LogP contribution in [-0.4, -0.2) is 0 Å². The van der Waals surface area contributed by atoms with Crippen molar-refractivity contribution in [2.45, 2.75) is 0 Å². The van der Waals surface area contributed by atoms with Crippen LogP contribution in [0.25, 0.3) is 0 Å². The number of rotatable bonds is 0. The highest BCUT2D eigenvalue weighted by atomic mass is 35.5. The molecule has 0 unspecified atom stereocenters. The molecule has 1 aliphatic rings. The summed E-state index contributed by atoms with van der Waals surface area (Å²) in [5.74, 6) is 3.08. The summed E-state index contributed by atoms with van der Waals surface area (Å²) in [4.78, 5) is 0. The molecule has 0 fully saturated rings. The third kappa shape index (κ3) is 5.65. The molecule has 0 spiro atoms. The topological polar surface area (TPSA) is 18.5 Å². The van der Waals surface area contributed by atoms with Crippen molar-refractivity contribution < 1.29 is 9.47 Å². The van der Waals surface area contributed by atoms with Crippen LogP contribution in [-0.2, 0) is 0 Å². The number of benzene rings is 2. The Morgan fingerprint density at radius 1 is 0.400 bits per heavy atom.